The fourth-order valence-corrected chi connectivity index (χ4v) is 5.61. The van der Waals surface area contributed by atoms with Crippen LogP contribution in [0.2, 0.25) is 0 Å². The summed E-state index contributed by atoms with van der Waals surface area (Å²) in [5.74, 6) is 2.79. The lowest BCUT2D eigenvalue weighted by atomic mass is 9.63. The Hall–Kier alpha value is 0. The second kappa shape index (κ2) is 5.89. The molecule has 2 saturated carbocycles. The van der Waals surface area contributed by atoms with E-state index in [2.05, 4.69) is 48.5 Å². The zero-order valence-corrected chi connectivity index (χ0v) is 15.9. The van der Waals surface area contributed by atoms with E-state index in [0.717, 1.165) is 17.8 Å². The maximum Gasteiger partial charge on any atom is -0.0297 e. The van der Waals surface area contributed by atoms with Crippen LogP contribution in [-0.2, 0) is 0 Å². The molecule has 0 aromatic heterocycles. The van der Waals surface area contributed by atoms with E-state index in [9.17, 15) is 0 Å². The Labute approximate surface area is 134 Å². The van der Waals surface area contributed by atoms with E-state index >= 15 is 0 Å². The van der Waals surface area contributed by atoms with E-state index in [4.69, 9.17) is 0 Å². The molecule has 0 amide bonds. The van der Waals surface area contributed by atoms with Gasteiger partial charge in [-0.25, -0.2) is 0 Å². The molecule has 2 fully saturated rings. The molecule has 0 nitrogen and oxygen atoms in total. The van der Waals surface area contributed by atoms with E-state index in [1.54, 1.807) is 0 Å². The Bertz CT molecular complexity index is 346. The standard InChI is InChI=1S/C21H40/c1-16-15-17-9-13-20(5,6)11-8-12-21(17,7)14-10-18(16)19(2,3)4/h16-18H,8-15H2,1-7H3. The summed E-state index contributed by atoms with van der Waals surface area (Å²) in [6.07, 6.45) is 11.7. The van der Waals surface area contributed by atoms with Gasteiger partial charge in [0.1, 0.15) is 0 Å². The molecule has 21 heavy (non-hydrogen) atoms. The summed E-state index contributed by atoms with van der Waals surface area (Å²) in [4.78, 5) is 0. The topological polar surface area (TPSA) is 0 Å². The molecular weight excluding hydrogens is 252 g/mol. The van der Waals surface area contributed by atoms with Crippen LogP contribution in [0.1, 0.15) is 99.8 Å². The molecule has 2 aliphatic rings. The van der Waals surface area contributed by atoms with Gasteiger partial charge in [0.15, 0.2) is 0 Å². The summed E-state index contributed by atoms with van der Waals surface area (Å²) in [6.45, 7) is 17.6. The second-order valence-electron chi connectivity index (χ2n) is 10.6. The molecule has 4 unspecified atom stereocenters. The van der Waals surface area contributed by atoms with Gasteiger partial charge in [-0.1, -0.05) is 54.9 Å². The minimum atomic E-state index is 0.481. The Kier molecular flexibility index (Phi) is 4.87. The van der Waals surface area contributed by atoms with Crippen molar-refractivity contribution in [1.82, 2.24) is 0 Å². The average Bonchev–Trinajstić information content (AvgIpc) is 2.42. The summed E-state index contributed by atoms with van der Waals surface area (Å²) in [6, 6.07) is 0. The van der Waals surface area contributed by atoms with Crippen LogP contribution in [0.15, 0.2) is 0 Å². The third kappa shape index (κ3) is 4.05. The van der Waals surface area contributed by atoms with Crippen molar-refractivity contribution in [2.75, 3.05) is 0 Å². The van der Waals surface area contributed by atoms with Crippen LogP contribution < -0.4 is 0 Å². The van der Waals surface area contributed by atoms with Gasteiger partial charge in [-0.15, -0.1) is 0 Å². The second-order valence-corrected chi connectivity index (χ2v) is 10.6. The molecule has 124 valence electrons. The van der Waals surface area contributed by atoms with Gasteiger partial charge in [-0.05, 0) is 78.9 Å². The van der Waals surface area contributed by atoms with Gasteiger partial charge in [-0.2, -0.15) is 0 Å². The van der Waals surface area contributed by atoms with Gasteiger partial charge >= 0.3 is 0 Å². The molecule has 0 spiro atoms. The molecule has 0 bridgehead atoms. The van der Waals surface area contributed by atoms with Crippen molar-refractivity contribution in [3.8, 4) is 0 Å². The van der Waals surface area contributed by atoms with Crippen LogP contribution >= 0.6 is 0 Å². The van der Waals surface area contributed by atoms with E-state index < -0.39 is 0 Å². The van der Waals surface area contributed by atoms with Crippen molar-refractivity contribution in [2.24, 2.45) is 34.0 Å². The van der Waals surface area contributed by atoms with Gasteiger partial charge in [0.05, 0.1) is 0 Å². The Morgan fingerprint density at radius 2 is 1.52 bits per heavy atom. The highest BCUT2D eigenvalue weighted by molar-refractivity contribution is 4.94. The van der Waals surface area contributed by atoms with Gasteiger partial charge < -0.3 is 0 Å². The Morgan fingerprint density at radius 1 is 0.857 bits per heavy atom. The molecule has 0 N–H and O–H groups in total. The maximum atomic E-state index is 2.63. The first-order valence-corrected chi connectivity index (χ1v) is 9.54. The van der Waals surface area contributed by atoms with Gasteiger partial charge in [-0.3, -0.25) is 0 Å². The molecule has 2 aliphatic carbocycles. The lowest BCUT2D eigenvalue weighted by Crippen LogP contribution is -2.31. The van der Waals surface area contributed by atoms with Crippen LogP contribution in [0, 0.1) is 34.0 Å². The lowest BCUT2D eigenvalue weighted by molar-refractivity contribution is 0.0884. The van der Waals surface area contributed by atoms with Crippen molar-refractivity contribution in [1.29, 1.82) is 0 Å². The average molecular weight is 293 g/mol. The maximum absolute atomic E-state index is 2.63. The third-order valence-electron chi connectivity index (χ3n) is 7.24. The highest BCUT2D eigenvalue weighted by atomic mass is 14.5. The van der Waals surface area contributed by atoms with Gasteiger partial charge in [0.2, 0.25) is 0 Å². The van der Waals surface area contributed by atoms with Crippen molar-refractivity contribution in [3.05, 3.63) is 0 Å². The zero-order valence-electron chi connectivity index (χ0n) is 15.9. The summed E-state index contributed by atoms with van der Waals surface area (Å²) in [5.41, 5.74) is 1.69. The van der Waals surface area contributed by atoms with Gasteiger partial charge in [0.25, 0.3) is 0 Å². The highest BCUT2D eigenvalue weighted by Crippen LogP contribution is 2.54. The zero-order chi connectivity index (χ0) is 15.9. The Balaban J connectivity index is 2.18. The minimum absolute atomic E-state index is 0.481. The first-order chi connectivity index (χ1) is 9.54. The van der Waals surface area contributed by atoms with Crippen molar-refractivity contribution in [2.45, 2.75) is 99.8 Å². The first-order valence-electron chi connectivity index (χ1n) is 9.54. The molecule has 4 atom stereocenters. The number of hydrogen-bond acceptors (Lipinski definition) is 0. The van der Waals surface area contributed by atoms with E-state index in [-0.39, 0.29) is 0 Å². The number of rotatable bonds is 0. The van der Waals surface area contributed by atoms with Crippen molar-refractivity contribution in [3.63, 3.8) is 0 Å². The smallest absolute Gasteiger partial charge is 0.0297 e. The largest absolute Gasteiger partial charge is 0.0622 e. The molecule has 0 radical (unpaired) electrons. The molecule has 0 heteroatoms. The summed E-state index contributed by atoms with van der Waals surface area (Å²) in [7, 11) is 0. The fraction of sp³-hybridized carbons (Fsp3) is 1.00. The summed E-state index contributed by atoms with van der Waals surface area (Å²) >= 11 is 0. The quantitative estimate of drug-likeness (QED) is 0.447. The van der Waals surface area contributed by atoms with Crippen LogP contribution in [0.3, 0.4) is 0 Å². The van der Waals surface area contributed by atoms with Crippen LogP contribution in [0.25, 0.3) is 0 Å². The monoisotopic (exact) mass is 292 g/mol. The number of hydrogen-bond donors (Lipinski definition) is 0. The Morgan fingerprint density at radius 3 is 2.14 bits per heavy atom. The van der Waals surface area contributed by atoms with Crippen molar-refractivity contribution >= 4 is 0 Å². The van der Waals surface area contributed by atoms with E-state index in [1.165, 1.54) is 51.4 Å². The molecule has 0 aliphatic heterocycles. The molecule has 0 heterocycles. The van der Waals surface area contributed by atoms with Crippen LogP contribution in [0.5, 0.6) is 0 Å². The molecule has 0 aromatic carbocycles. The molecule has 2 rings (SSSR count). The SMILES string of the molecule is CC1CC2CCC(C)(C)CCCC2(C)CCC1C(C)(C)C. The van der Waals surface area contributed by atoms with Gasteiger partial charge in [0, 0.05) is 0 Å². The predicted octanol–water partition coefficient (Wildman–Crippen LogP) is 7.08. The molecular formula is C21H40. The van der Waals surface area contributed by atoms with E-state index in [0.29, 0.717) is 16.2 Å². The molecule has 0 aromatic rings. The minimum Gasteiger partial charge on any atom is -0.0622 e. The van der Waals surface area contributed by atoms with Crippen molar-refractivity contribution < 1.29 is 0 Å². The highest BCUT2D eigenvalue weighted by Gasteiger charge is 2.43. The van der Waals surface area contributed by atoms with Crippen LogP contribution in [0.4, 0.5) is 0 Å². The summed E-state index contributed by atoms with van der Waals surface area (Å²) < 4.78 is 0. The normalized spacial score (nSPS) is 41.6. The fourth-order valence-electron chi connectivity index (χ4n) is 5.61. The van der Waals surface area contributed by atoms with E-state index in [1.807, 2.05) is 0 Å². The first kappa shape index (κ1) is 17.4. The molecule has 0 saturated heterocycles. The van der Waals surface area contributed by atoms with Crippen LogP contribution in [-0.4, -0.2) is 0 Å². The lowest BCUT2D eigenvalue weighted by Gasteiger charge is -2.42. The number of fused-ring (bicyclic) bond motifs is 1. The summed E-state index contributed by atoms with van der Waals surface area (Å²) in [5, 5.41) is 0. The third-order valence-corrected chi connectivity index (χ3v) is 7.24. The predicted molar refractivity (Wildman–Crippen MR) is 94.4 cm³/mol.